The standard InChI is InChI=1S/C22H18N4O/c27-22(24-16-17-11-13-23-14-12-17)21-15-20(18-7-3-1-4-8-18)25-26(21)19-9-5-2-6-10-19/h1-15H,16H2,(H,24,27). The Hall–Kier alpha value is -3.73. The van der Waals surface area contributed by atoms with E-state index in [1.807, 2.05) is 78.9 Å². The number of hydrogen-bond donors (Lipinski definition) is 1. The third-order valence-corrected chi connectivity index (χ3v) is 4.21. The lowest BCUT2D eigenvalue weighted by Gasteiger charge is -2.08. The molecular formula is C22H18N4O. The molecule has 2 aromatic carbocycles. The fourth-order valence-electron chi connectivity index (χ4n) is 2.83. The molecule has 0 bridgehead atoms. The lowest BCUT2D eigenvalue weighted by molar-refractivity contribution is 0.0943. The Labute approximate surface area is 157 Å². The number of hydrogen-bond acceptors (Lipinski definition) is 3. The van der Waals surface area contributed by atoms with Gasteiger partial charge in [0.05, 0.1) is 11.4 Å². The summed E-state index contributed by atoms with van der Waals surface area (Å²) in [4.78, 5) is 16.9. The van der Waals surface area contributed by atoms with Gasteiger partial charge in [0.2, 0.25) is 0 Å². The van der Waals surface area contributed by atoms with Crippen LogP contribution in [0.3, 0.4) is 0 Å². The SMILES string of the molecule is O=C(NCc1ccncc1)c1cc(-c2ccccc2)nn1-c1ccccc1. The number of pyridine rings is 1. The molecule has 2 aromatic heterocycles. The predicted octanol–water partition coefficient (Wildman–Crippen LogP) is 3.86. The minimum atomic E-state index is -0.176. The summed E-state index contributed by atoms with van der Waals surface area (Å²) in [6, 6.07) is 25.1. The van der Waals surface area contributed by atoms with Gasteiger partial charge in [-0.15, -0.1) is 0 Å². The van der Waals surface area contributed by atoms with Crippen molar-refractivity contribution < 1.29 is 4.79 Å². The molecule has 1 N–H and O–H groups in total. The minimum absolute atomic E-state index is 0.176. The van der Waals surface area contributed by atoms with Crippen LogP contribution in [-0.4, -0.2) is 20.7 Å². The van der Waals surface area contributed by atoms with Crippen molar-refractivity contribution >= 4 is 5.91 Å². The third kappa shape index (κ3) is 3.77. The summed E-state index contributed by atoms with van der Waals surface area (Å²) in [5, 5.41) is 7.64. The first-order valence-corrected chi connectivity index (χ1v) is 8.69. The van der Waals surface area contributed by atoms with Crippen LogP contribution in [0.5, 0.6) is 0 Å². The van der Waals surface area contributed by atoms with Crippen molar-refractivity contribution in [2.45, 2.75) is 6.54 Å². The molecule has 132 valence electrons. The molecule has 4 rings (SSSR count). The van der Waals surface area contributed by atoms with E-state index in [1.54, 1.807) is 17.1 Å². The fourth-order valence-corrected chi connectivity index (χ4v) is 2.83. The Morgan fingerprint density at radius 3 is 2.26 bits per heavy atom. The molecule has 0 spiro atoms. The Morgan fingerprint density at radius 2 is 1.56 bits per heavy atom. The van der Waals surface area contributed by atoms with E-state index in [1.165, 1.54) is 0 Å². The van der Waals surface area contributed by atoms with Crippen molar-refractivity contribution in [2.24, 2.45) is 0 Å². The first-order chi connectivity index (χ1) is 13.3. The van der Waals surface area contributed by atoms with E-state index >= 15 is 0 Å². The monoisotopic (exact) mass is 354 g/mol. The van der Waals surface area contributed by atoms with E-state index < -0.39 is 0 Å². The zero-order valence-electron chi connectivity index (χ0n) is 14.6. The van der Waals surface area contributed by atoms with Crippen LogP contribution in [0.2, 0.25) is 0 Å². The molecule has 0 atom stereocenters. The number of nitrogens with one attached hydrogen (secondary N) is 1. The minimum Gasteiger partial charge on any atom is -0.347 e. The molecule has 0 aliphatic heterocycles. The third-order valence-electron chi connectivity index (χ3n) is 4.21. The van der Waals surface area contributed by atoms with E-state index in [4.69, 9.17) is 0 Å². The van der Waals surface area contributed by atoms with E-state index in [9.17, 15) is 4.79 Å². The highest BCUT2D eigenvalue weighted by atomic mass is 16.2. The van der Waals surface area contributed by atoms with Gasteiger partial charge in [-0.3, -0.25) is 9.78 Å². The molecule has 0 saturated heterocycles. The Balaban J connectivity index is 1.67. The quantitative estimate of drug-likeness (QED) is 0.592. The van der Waals surface area contributed by atoms with Gasteiger partial charge < -0.3 is 5.32 Å². The number of nitrogens with zero attached hydrogens (tertiary/aromatic N) is 3. The molecule has 0 saturated carbocycles. The average Bonchev–Trinajstić information content (AvgIpc) is 3.20. The lowest BCUT2D eigenvalue weighted by atomic mass is 10.1. The van der Waals surface area contributed by atoms with Gasteiger partial charge in [-0.25, -0.2) is 4.68 Å². The highest BCUT2D eigenvalue weighted by molar-refractivity contribution is 5.94. The van der Waals surface area contributed by atoms with Crippen molar-refractivity contribution in [3.63, 3.8) is 0 Å². The Kier molecular flexibility index (Phi) is 4.74. The van der Waals surface area contributed by atoms with Crippen LogP contribution < -0.4 is 5.32 Å². The van der Waals surface area contributed by atoms with E-state index in [2.05, 4.69) is 15.4 Å². The lowest BCUT2D eigenvalue weighted by Crippen LogP contribution is -2.25. The maximum Gasteiger partial charge on any atom is 0.270 e. The second-order valence-electron chi connectivity index (χ2n) is 6.07. The maximum absolute atomic E-state index is 12.9. The van der Waals surface area contributed by atoms with Crippen molar-refractivity contribution in [1.29, 1.82) is 0 Å². The summed E-state index contributed by atoms with van der Waals surface area (Å²) in [5.74, 6) is -0.176. The van der Waals surface area contributed by atoms with Crippen LogP contribution in [0.25, 0.3) is 16.9 Å². The number of amides is 1. The number of carbonyl (C=O) groups excluding carboxylic acids is 1. The summed E-state index contributed by atoms with van der Waals surface area (Å²) < 4.78 is 1.68. The maximum atomic E-state index is 12.9. The van der Waals surface area contributed by atoms with Gasteiger partial charge in [0, 0.05) is 24.5 Å². The first kappa shape index (κ1) is 16.7. The molecule has 0 fully saturated rings. The molecule has 0 radical (unpaired) electrons. The first-order valence-electron chi connectivity index (χ1n) is 8.69. The van der Waals surface area contributed by atoms with E-state index in [-0.39, 0.29) is 5.91 Å². The molecule has 0 unspecified atom stereocenters. The fraction of sp³-hybridized carbons (Fsp3) is 0.0455. The van der Waals surface area contributed by atoms with Crippen molar-refractivity contribution in [3.05, 3.63) is 103 Å². The number of carbonyl (C=O) groups is 1. The molecule has 0 aliphatic rings. The van der Waals surface area contributed by atoms with Crippen LogP contribution in [0, 0.1) is 0 Å². The molecule has 5 nitrogen and oxygen atoms in total. The van der Waals surface area contributed by atoms with Crippen LogP contribution in [-0.2, 0) is 6.54 Å². The molecule has 5 heteroatoms. The van der Waals surface area contributed by atoms with Crippen LogP contribution in [0.15, 0.2) is 91.3 Å². The Morgan fingerprint density at radius 1 is 0.889 bits per heavy atom. The van der Waals surface area contributed by atoms with Crippen LogP contribution in [0.4, 0.5) is 0 Å². The zero-order valence-corrected chi connectivity index (χ0v) is 14.6. The second kappa shape index (κ2) is 7.66. The summed E-state index contributed by atoms with van der Waals surface area (Å²) in [6.07, 6.45) is 3.42. The summed E-state index contributed by atoms with van der Waals surface area (Å²) in [7, 11) is 0. The molecule has 27 heavy (non-hydrogen) atoms. The molecule has 2 heterocycles. The van der Waals surface area contributed by atoms with Gasteiger partial charge in [-0.05, 0) is 35.9 Å². The topological polar surface area (TPSA) is 59.8 Å². The summed E-state index contributed by atoms with van der Waals surface area (Å²) in [6.45, 7) is 0.433. The van der Waals surface area contributed by atoms with Crippen molar-refractivity contribution in [2.75, 3.05) is 0 Å². The van der Waals surface area contributed by atoms with Gasteiger partial charge in [-0.2, -0.15) is 5.10 Å². The largest absolute Gasteiger partial charge is 0.347 e. The molecular weight excluding hydrogens is 336 g/mol. The van der Waals surface area contributed by atoms with Crippen LogP contribution in [0.1, 0.15) is 16.1 Å². The van der Waals surface area contributed by atoms with Crippen LogP contribution >= 0.6 is 0 Å². The van der Waals surface area contributed by atoms with Gasteiger partial charge in [0.15, 0.2) is 0 Å². The summed E-state index contributed by atoms with van der Waals surface area (Å²) >= 11 is 0. The number of aromatic nitrogens is 3. The zero-order chi connectivity index (χ0) is 18.5. The number of rotatable bonds is 5. The normalized spacial score (nSPS) is 10.5. The Bertz CT molecular complexity index is 1030. The highest BCUT2D eigenvalue weighted by Gasteiger charge is 2.17. The average molecular weight is 354 g/mol. The smallest absolute Gasteiger partial charge is 0.270 e. The second-order valence-corrected chi connectivity index (χ2v) is 6.07. The molecule has 0 aliphatic carbocycles. The van der Waals surface area contributed by atoms with Crippen molar-refractivity contribution in [1.82, 2.24) is 20.1 Å². The van der Waals surface area contributed by atoms with E-state index in [0.717, 1.165) is 22.5 Å². The summed E-state index contributed by atoms with van der Waals surface area (Å²) in [5.41, 5.74) is 4.05. The number of para-hydroxylation sites is 1. The van der Waals surface area contributed by atoms with Crippen molar-refractivity contribution in [3.8, 4) is 16.9 Å². The van der Waals surface area contributed by atoms with Gasteiger partial charge in [-0.1, -0.05) is 48.5 Å². The van der Waals surface area contributed by atoms with Gasteiger partial charge >= 0.3 is 0 Å². The highest BCUT2D eigenvalue weighted by Crippen LogP contribution is 2.21. The van der Waals surface area contributed by atoms with E-state index in [0.29, 0.717) is 12.2 Å². The number of benzene rings is 2. The molecule has 1 amide bonds. The van der Waals surface area contributed by atoms with Gasteiger partial charge in [0.25, 0.3) is 5.91 Å². The predicted molar refractivity (Wildman–Crippen MR) is 104 cm³/mol. The molecule has 4 aromatic rings. The van der Waals surface area contributed by atoms with Gasteiger partial charge in [0.1, 0.15) is 5.69 Å².